The Morgan fingerprint density at radius 3 is 2.50 bits per heavy atom. The molecule has 28 heavy (non-hydrogen) atoms. The molecule has 1 heterocycles. The van der Waals surface area contributed by atoms with E-state index in [-0.39, 0.29) is 17.9 Å². The molecule has 0 aliphatic heterocycles. The molecule has 0 aliphatic rings. The average Bonchev–Trinajstić information content (AvgIpc) is 2.66. The van der Waals surface area contributed by atoms with Crippen LogP contribution in [0.25, 0.3) is 22.2 Å². The molecule has 0 saturated heterocycles. The first-order valence-corrected chi connectivity index (χ1v) is 8.62. The molecular weight excluding hydrogens is 371 g/mol. The number of aliphatic hydroxyl groups is 1. The van der Waals surface area contributed by atoms with E-state index in [9.17, 15) is 23.1 Å². The van der Waals surface area contributed by atoms with E-state index in [2.05, 4.69) is 9.72 Å². The smallest absolute Gasteiger partial charge is 0.432 e. The third-order valence-electron chi connectivity index (χ3n) is 4.42. The number of carbonyl (C=O) groups excluding carboxylic acids is 1. The van der Waals surface area contributed by atoms with E-state index in [0.29, 0.717) is 11.1 Å². The van der Waals surface area contributed by atoms with Crippen LogP contribution in [-0.2, 0) is 15.1 Å². The molecule has 7 heteroatoms. The Morgan fingerprint density at radius 1 is 1.11 bits per heavy atom. The normalized spacial score (nSPS) is 13.9. The third kappa shape index (κ3) is 3.33. The van der Waals surface area contributed by atoms with E-state index in [1.807, 2.05) is 12.1 Å². The Bertz CT molecular complexity index is 1030. The molecule has 1 aromatic heterocycles. The van der Waals surface area contributed by atoms with Crippen molar-refractivity contribution in [1.29, 1.82) is 0 Å². The van der Waals surface area contributed by atoms with Gasteiger partial charge >= 0.3 is 12.1 Å². The van der Waals surface area contributed by atoms with Crippen LogP contribution in [0.15, 0.2) is 54.6 Å². The van der Waals surface area contributed by atoms with Crippen molar-refractivity contribution in [2.75, 3.05) is 6.61 Å². The summed E-state index contributed by atoms with van der Waals surface area (Å²) in [5, 5.41) is 11.4. The summed E-state index contributed by atoms with van der Waals surface area (Å²) in [6.07, 6.45) is -5.28. The summed E-state index contributed by atoms with van der Waals surface area (Å²) in [6, 6.07) is 14.4. The monoisotopic (exact) mass is 389 g/mol. The van der Waals surface area contributed by atoms with Gasteiger partial charge in [0, 0.05) is 16.5 Å². The number of carbonyl (C=O) groups is 1. The first kappa shape index (κ1) is 19.8. The number of halogens is 3. The van der Waals surface area contributed by atoms with Crippen LogP contribution in [0.4, 0.5) is 13.2 Å². The molecule has 146 valence electrons. The summed E-state index contributed by atoms with van der Waals surface area (Å²) in [7, 11) is 0. The summed E-state index contributed by atoms with van der Waals surface area (Å²) >= 11 is 0. The fourth-order valence-corrected chi connectivity index (χ4v) is 3.02. The highest BCUT2D eigenvalue weighted by Gasteiger charge is 2.63. The fourth-order valence-electron chi connectivity index (χ4n) is 3.02. The first-order valence-electron chi connectivity index (χ1n) is 8.62. The quantitative estimate of drug-likeness (QED) is 0.667. The van der Waals surface area contributed by atoms with E-state index >= 15 is 0 Å². The lowest BCUT2D eigenvalue weighted by atomic mass is 9.86. The molecule has 1 atom stereocenters. The lowest BCUT2D eigenvalue weighted by Gasteiger charge is -2.30. The Kier molecular flexibility index (Phi) is 5.12. The number of alkyl halides is 3. The Morgan fingerprint density at radius 2 is 1.82 bits per heavy atom. The van der Waals surface area contributed by atoms with Crippen molar-refractivity contribution in [2.45, 2.75) is 25.6 Å². The van der Waals surface area contributed by atoms with Gasteiger partial charge < -0.3 is 9.84 Å². The number of benzene rings is 2. The fraction of sp³-hybridized carbons (Fsp3) is 0.238. The number of ether oxygens (including phenoxy) is 1. The van der Waals surface area contributed by atoms with Gasteiger partial charge in [-0.3, -0.25) is 0 Å². The zero-order valence-corrected chi connectivity index (χ0v) is 15.2. The summed E-state index contributed by atoms with van der Waals surface area (Å²) in [5.74, 6) is -1.77. The van der Waals surface area contributed by atoms with Gasteiger partial charge in [-0.1, -0.05) is 42.0 Å². The lowest BCUT2D eigenvalue weighted by Crippen LogP contribution is -2.50. The topological polar surface area (TPSA) is 59.4 Å². The van der Waals surface area contributed by atoms with Gasteiger partial charge in [-0.05, 0) is 32.0 Å². The predicted octanol–water partition coefficient (Wildman–Crippen LogP) is 4.52. The maximum atomic E-state index is 13.8. The number of aryl methyl sites for hydroxylation is 1. The van der Waals surface area contributed by atoms with Crippen LogP contribution in [-0.4, -0.2) is 28.8 Å². The molecule has 0 saturated carbocycles. The van der Waals surface area contributed by atoms with E-state index in [0.717, 1.165) is 11.5 Å². The minimum Gasteiger partial charge on any atom is -0.463 e. The predicted molar refractivity (Wildman–Crippen MR) is 98.5 cm³/mol. The van der Waals surface area contributed by atoms with E-state index in [1.165, 1.54) is 19.1 Å². The lowest BCUT2D eigenvalue weighted by molar-refractivity contribution is -0.267. The molecule has 4 nitrogen and oxygen atoms in total. The molecule has 0 fully saturated rings. The number of rotatable bonds is 4. The van der Waals surface area contributed by atoms with Crippen LogP contribution in [0.5, 0.6) is 0 Å². The van der Waals surface area contributed by atoms with Gasteiger partial charge in [0.05, 0.1) is 17.8 Å². The number of hydrogen-bond donors (Lipinski definition) is 1. The van der Waals surface area contributed by atoms with Gasteiger partial charge in [-0.15, -0.1) is 0 Å². The van der Waals surface area contributed by atoms with Gasteiger partial charge in [-0.25, -0.2) is 9.78 Å². The number of hydrogen-bond acceptors (Lipinski definition) is 4. The average molecular weight is 389 g/mol. The second-order valence-corrected chi connectivity index (χ2v) is 6.37. The number of fused-ring (bicyclic) bond motifs is 1. The van der Waals surface area contributed by atoms with Crippen LogP contribution in [0.1, 0.15) is 18.1 Å². The highest BCUT2D eigenvalue weighted by Crippen LogP contribution is 2.44. The standard InChI is InChI=1S/C21H18F3NO3/c1-3-28-19(26)20(27,21(22,23)24)16-10-8-13(2)12-15(16)18-11-9-14-6-4-5-7-17(14)25-18/h4-12,27H,3H2,1-2H3. The van der Waals surface area contributed by atoms with Crippen molar-refractivity contribution in [3.63, 3.8) is 0 Å². The molecular formula is C21H18F3NO3. The Balaban J connectivity index is 2.28. The summed E-state index contributed by atoms with van der Waals surface area (Å²) in [4.78, 5) is 16.6. The molecule has 2 aromatic carbocycles. The number of esters is 1. The van der Waals surface area contributed by atoms with Crippen molar-refractivity contribution < 1.29 is 27.8 Å². The molecule has 1 N–H and O–H groups in total. The number of pyridine rings is 1. The third-order valence-corrected chi connectivity index (χ3v) is 4.42. The van der Waals surface area contributed by atoms with Crippen molar-refractivity contribution in [3.8, 4) is 11.3 Å². The number of nitrogens with zero attached hydrogens (tertiary/aromatic N) is 1. The van der Waals surface area contributed by atoms with E-state index < -0.39 is 23.3 Å². The van der Waals surface area contributed by atoms with Gasteiger partial charge in [0.25, 0.3) is 5.60 Å². The second kappa shape index (κ2) is 7.24. The molecule has 0 radical (unpaired) electrons. The van der Waals surface area contributed by atoms with Gasteiger partial charge in [0.15, 0.2) is 0 Å². The summed E-state index contributed by atoms with van der Waals surface area (Å²) in [5.41, 5.74) is -2.96. The Labute approximate surface area is 159 Å². The van der Waals surface area contributed by atoms with E-state index in [4.69, 9.17) is 0 Å². The van der Waals surface area contributed by atoms with Crippen LogP contribution in [0.3, 0.4) is 0 Å². The van der Waals surface area contributed by atoms with Crippen molar-refractivity contribution in [1.82, 2.24) is 4.98 Å². The van der Waals surface area contributed by atoms with Crippen LogP contribution in [0.2, 0.25) is 0 Å². The molecule has 3 rings (SSSR count). The molecule has 1 unspecified atom stereocenters. The van der Waals surface area contributed by atoms with Crippen LogP contribution >= 0.6 is 0 Å². The van der Waals surface area contributed by atoms with Gasteiger partial charge in [0.1, 0.15) is 0 Å². The van der Waals surface area contributed by atoms with Crippen LogP contribution in [0, 0.1) is 6.92 Å². The first-order chi connectivity index (χ1) is 13.2. The zero-order valence-electron chi connectivity index (χ0n) is 15.2. The largest absolute Gasteiger partial charge is 0.463 e. The summed E-state index contributed by atoms with van der Waals surface area (Å²) in [6.45, 7) is 2.77. The maximum Gasteiger partial charge on any atom is 0.432 e. The highest BCUT2D eigenvalue weighted by atomic mass is 19.4. The van der Waals surface area contributed by atoms with Gasteiger partial charge in [-0.2, -0.15) is 13.2 Å². The highest BCUT2D eigenvalue weighted by molar-refractivity contribution is 5.87. The SMILES string of the molecule is CCOC(=O)C(O)(c1ccc(C)cc1-c1ccc2ccccc2n1)C(F)(F)F. The Hall–Kier alpha value is -2.93. The molecule has 0 aliphatic carbocycles. The minimum absolute atomic E-state index is 0.0126. The van der Waals surface area contributed by atoms with Crippen LogP contribution < -0.4 is 0 Å². The molecule has 0 spiro atoms. The number of para-hydroxylation sites is 1. The van der Waals surface area contributed by atoms with Crippen molar-refractivity contribution in [2.24, 2.45) is 0 Å². The number of aromatic nitrogens is 1. The molecule has 0 amide bonds. The maximum absolute atomic E-state index is 13.8. The van der Waals surface area contributed by atoms with Crippen molar-refractivity contribution in [3.05, 3.63) is 65.7 Å². The zero-order chi connectivity index (χ0) is 20.5. The van der Waals surface area contributed by atoms with Crippen molar-refractivity contribution >= 4 is 16.9 Å². The molecule has 3 aromatic rings. The molecule has 0 bridgehead atoms. The van der Waals surface area contributed by atoms with Gasteiger partial charge in [0.2, 0.25) is 0 Å². The second-order valence-electron chi connectivity index (χ2n) is 6.37. The minimum atomic E-state index is -5.28. The van der Waals surface area contributed by atoms with E-state index in [1.54, 1.807) is 31.2 Å². The summed E-state index contributed by atoms with van der Waals surface area (Å²) < 4.78 is 46.1.